The Morgan fingerprint density at radius 1 is 1.23 bits per heavy atom. The van der Waals surface area contributed by atoms with Crippen LogP contribution in [0.4, 0.5) is 0 Å². The van der Waals surface area contributed by atoms with Gasteiger partial charge in [0.1, 0.15) is 10.4 Å². The number of hydrogen-bond acceptors (Lipinski definition) is 7. The van der Waals surface area contributed by atoms with Crippen molar-refractivity contribution in [3.05, 3.63) is 51.6 Å². The third-order valence-electron chi connectivity index (χ3n) is 4.71. The van der Waals surface area contributed by atoms with Crippen molar-refractivity contribution in [1.82, 2.24) is 24.5 Å². The smallest absolute Gasteiger partial charge is 0.272 e. The van der Waals surface area contributed by atoms with Crippen molar-refractivity contribution in [1.29, 1.82) is 0 Å². The van der Waals surface area contributed by atoms with Crippen molar-refractivity contribution in [2.45, 2.75) is 32.1 Å². The molecule has 0 aliphatic carbocycles. The molecule has 3 aromatic heterocycles. The van der Waals surface area contributed by atoms with Crippen LogP contribution in [-0.4, -0.2) is 37.9 Å². The van der Waals surface area contributed by atoms with Gasteiger partial charge in [-0.1, -0.05) is 37.7 Å². The van der Waals surface area contributed by atoms with Crippen LogP contribution < -0.4 is 15.6 Å². The van der Waals surface area contributed by atoms with Crippen LogP contribution in [0.5, 0.6) is 5.75 Å². The van der Waals surface area contributed by atoms with Crippen LogP contribution in [0.15, 0.2) is 45.7 Å². The highest BCUT2D eigenvalue weighted by molar-refractivity contribution is 7.99. The van der Waals surface area contributed by atoms with E-state index < -0.39 is 0 Å². The normalized spacial score (nSPS) is 11.5. The van der Waals surface area contributed by atoms with E-state index in [1.807, 2.05) is 40.1 Å². The highest BCUT2D eigenvalue weighted by atomic mass is 32.2. The number of aromatic nitrogens is 4. The maximum Gasteiger partial charge on any atom is 0.272 e. The number of carbonyl (C=O) groups excluding carboxylic acids is 1. The molecule has 0 aliphatic rings. The number of nitrogens with one attached hydrogen (secondary N) is 1. The molecule has 3 heterocycles. The van der Waals surface area contributed by atoms with E-state index in [1.54, 1.807) is 11.7 Å². The van der Waals surface area contributed by atoms with Crippen molar-refractivity contribution in [2.75, 3.05) is 12.9 Å². The largest absolute Gasteiger partial charge is 0.497 e. The highest BCUT2D eigenvalue weighted by Crippen LogP contribution is 2.24. The second kappa shape index (κ2) is 9.11. The zero-order chi connectivity index (χ0) is 22.0. The molecular formula is C21H23N5O3S2. The lowest BCUT2D eigenvalue weighted by atomic mass is 10.2. The van der Waals surface area contributed by atoms with Crippen molar-refractivity contribution >= 4 is 45.0 Å². The molecule has 1 aromatic carbocycles. The number of nitrogens with zero attached hydrogens (tertiary/aromatic N) is 4. The number of methoxy groups -OCH3 is 1. The van der Waals surface area contributed by atoms with Gasteiger partial charge in [-0.2, -0.15) is 0 Å². The summed E-state index contributed by atoms with van der Waals surface area (Å²) in [7, 11) is 1.62. The van der Waals surface area contributed by atoms with Gasteiger partial charge in [-0.05, 0) is 35.1 Å². The second-order valence-corrected chi connectivity index (χ2v) is 9.33. The highest BCUT2D eigenvalue weighted by Gasteiger charge is 2.19. The van der Waals surface area contributed by atoms with E-state index in [0.717, 1.165) is 16.8 Å². The van der Waals surface area contributed by atoms with Gasteiger partial charge in [-0.3, -0.25) is 18.6 Å². The molecule has 31 heavy (non-hydrogen) atoms. The number of ether oxygens (including phenoxy) is 1. The van der Waals surface area contributed by atoms with Crippen molar-refractivity contribution in [2.24, 2.45) is 5.92 Å². The lowest BCUT2D eigenvalue weighted by molar-refractivity contribution is -0.118. The molecule has 0 radical (unpaired) electrons. The molecule has 162 valence electrons. The van der Waals surface area contributed by atoms with Gasteiger partial charge in [-0.15, -0.1) is 21.5 Å². The van der Waals surface area contributed by atoms with Gasteiger partial charge in [0.05, 0.1) is 18.4 Å². The summed E-state index contributed by atoms with van der Waals surface area (Å²) in [6, 6.07) is 9.45. The van der Waals surface area contributed by atoms with Crippen LogP contribution in [0.3, 0.4) is 0 Å². The van der Waals surface area contributed by atoms with Gasteiger partial charge in [0.2, 0.25) is 11.7 Å². The Labute approximate surface area is 187 Å². The maximum atomic E-state index is 12.9. The Hall–Kier alpha value is -2.85. The number of fused-ring (bicyclic) bond motifs is 3. The van der Waals surface area contributed by atoms with Gasteiger partial charge in [0.25, 0.3) is 5.56 Å². The molecule has 10 heteroatoms. The zero-order valence-electron chi connectivity index (χ0n) is 17.5. The predicted octanol–water partition coefficient (Wildman–Crippen LogP) is 3.18. The third-order valence-corrected chi connectivity index (χ3v) is 6.53. The van der Waals surface area contributed by atoms with E-state index in [9.17, 15) is 9.59 Å². The van der Waals surface area contributed by atoms with E-state index in [2.05, 4.69) is 29.4 Å². The summed E-state index contributed by atoms with van der Waals surface area (Å²) < 4.78 is 9.35. The number of thioether (sulfide) groups is 1. The predicted molar refractivity (Wildman–Crippen MR) is 123 cm³/mol. The van der Waals surface area contributed by atoms with Crippen LogP contribution in [-0.2, 0) is 17.9 Å². The van der Waals surface area contributed by atoms with Crippen molar-refractivity contribution < 1.29 is 9.53 Å². The number of amides is 1. The zero-order valence-corrected chi connectivity index (χ0v) is 19.1. The molecule has 0 aliphatic heterocycles. The number of hydrogen-bond donors (Lipinski definition) is 1. The molecule has 0 atom stereocenters. The molecule has 0 saturated carbocycles. The fraction of sp³-hybridized carbons (Fsp3) is 0.333. The van der Waals surface area contributed by atoms with Crippen molar-refractivity contribution in [3.8, 4) is 5.75 Å². The Kier molecular flexibility index (Phi) is 6.28. The first kappa shape index (κ1) is 21.4. The molecule has 4 rings (SSSR count). The topological polar surface area (TPSA) is 90.5 Å². The molecule has 0 fully saturated rings. The quantitative estimate of drug-likeness (QED) is 0.409. The Morgan fingerprint density at radius 2 is 2.00 bits per heavy atom. The fourth-order valence-corrected chi connectivity index (χ4v) is 4.84. The number of rotatable bonds is 8. The van der Waals surface area contributed by atoms with E-state index in [1.165, 1.54) is 23.1 Å². The lowest BCUT2D eigenvalue weighted by Crippen LogP contribution is -2.25. The van der Waals surface area contributed by atoms with Crippen LogP contribution in [0.1, 0.15) is 19.4 Å². The third kappa shape index (κ3) is 4.45. The minimum atomic E-state index is -0.102. The average molecular weight is 458 g/mol. The summed E-state index contributed by atoms with van der Waals surface area (Å²) in [6.45, 7) is 5.11. The first-order valence-electron chi connectivity index (χ1n) is 9.85. The van der Waals surface area contributed by atoms with Gasteiger partial charge in [0, 0.05) is 13.1 Å². The monoisotopic (exact) mass is 457 g/mol. The molecule has 0 saturated heterocycles. The number of thiophene rings is 1. The van der Waals surface area contributed by atoms with Crippen LogP contribution in [0, 0.1) is 5.92 Å². The van der Waals surface area contributed by atoms with Gasteiger partial charge >= 0.3 is 0 Å². The summed E-state index contributed by atoms with van der Waals surface area (Å²) >= 11 is 2.71. The van der Waals surface area contributed by atoms with Crippen LogP contribution >= 0.6 is 23.1 Å². The van der Waals surface area contributed by atoms with Gasteiger partial charge in [-0.25, -0.2) is 0 Å². The summed E-state index contributed by atoms with van der Waals surface area (Å²) in [5.74, 6) is 1.67. The number of benzene rings is 1. The maximum absolute atomic E-state index is 12.9. The minimum absolute atomic E-state index is 0.0487. The summed E-state index contributed by atoms with van der Waals surface area (Å²) in [5.41, 5.74) is 1.72. The van der Waals surface area contributed by atoms with E-state index in [4.69, 9.17) is 4.74 Å². The van der Waals surface area contributed by atoms with Crippen LogP contribution in [0.25, 0.3) is 16.0 Å². The minimum Gasteiger partial charge on any atom is -0.497 e. The molecule has 8 nitrogen and oxygen atoms in total. The summed E-state index contributed by atoms with van der Waals surface area (Å²) in [4.78, 5) is 25.3. The number of carbonyl (C=O) groups is 1. The average Bonchev–Trinajstić information content (AvgIpc) is 3.41. The van der Waals surface area contributed by atoms with Gasteiger partial charge < -0.3 is 10.1 Å². The van der Waals surface area contributed by atoms with E-state index >= 15 is 0 Å². The molecule has 0 spiro atoms. The van der Waals surface area contributed by atoms with E-state index in [-0.39, 0.29) is 23.1 Å². The molecule has 4 aromatic rings. The Balaban J connectivity index is 1.51. The Bertz CT molecular complexity index is 1270. The molecular weight excluding hydrogens is 434 g/mol. The summed E-state index contributed by atoms with van der Waals surface area (Å²) in [5, 5.41) is 13.9. The lowest BCUT2D eigenvalue weighted by Gasteiger charge is -2.11. The van der Waals surface area contributed by atoms with Gasteiger partial charge in [0.15, 0.2) is 5.16 Å². The Morgan fingerprint density at radius 3 is 2.71 bits per heavy atom. The summed E-state index contributed by atoms with van der Waals surface area (Å²) in [6.07, 6.45) is 0. The second-order valence-electron chi connectivity index (χ2n) is 7.48. The SMILES string of the molecule is COc1ccc(CNC(=O)CSc2nnc3n(CC(C)C)c(=O)c4sccc4n23)cc1. The molecule has 1 N–H and O–H groups in total. The molecule has 0 unspecified atom stereocenters. The molecule has 1 amide bonds. The first-order chi connectivity index (χ1) is 15.0. The van der Waals surface area contributed by atoms with E-state index in [0.29, 0.717) is 28.7 Å². The fourth-order valence-electron chi connectivity index (χ4n) is 3.25. The van der Waals surface area contributed by atoms with Crippen molar-refractivity contribution in [3.63, 3.8) is 0 Å². The first-order valence-corrected chi connectivity index (χ1v) is 11.7. The molecule has 0 bridgehead atoms. The standard InChI is InChI=1S/C21H23N5O3S2/c1-13(2)11-25-19(28)18-16(8-9-30-18)26-20(25)23-24-21(26)31-12-17(27)22-10-14-4-6-15(29-3)7-5-14/h4-9,13H,10-12H2,1-3H3,(H,22,27). The van der Waals surface area contributed by atoms with Crippen LogP contribution in [0.2, 0.25) is 0 Å².